The molecule has 0 radical (unpaired) electrons. The van der Waals surface area contributed by atoms with Gasteiger partial charge >= 0.3 is 0 Å². The molecule has 1 amide bonds. The molecule has 1 aliphatic heterocycles. The van der Waals surface area contributed by atoms with Gasteiger partial charge in [-0.05, 0) is 47.9 Å². The molecule has 2 aromatic carbocycles. The van der Waals surface area contributed by atoms with Gasteiger partial charge in [0.2, 0.25) is 17.6 Å². The van der Waals surface area contributed by atoms with Crippen LogP contribution in [0.3, 0.4) is 0 Å². The molecule has 3 aromatic rings. The Balaban J connectivity index is 1.55. The molecule has 0 atom stereocenters. The molecule has 0 saturated heterocycles. The van der Waals surface area contributed by atoms with Crippen LogP contribution in [-0.4, -0.2) is 22.6 Å². The lowest BCUT2D eigenvalue weighted by atomic mass is 10.1. The number of carbonyl (C=O) groups is 1. The smallest absolute Gasteiger partial charge is 0.231 e. The van der Waals surface area contributed by atoms with E-state index in [0.29, 0.717) is 18.3 Å². The second-order valence-electron chi connectivity index (χ2n) is 6.08. The van der Waals surface area contributed by atoms with Crippen LogP contribution in [0.5, 0.6) is 0 Å². The monoisotopic (exact) mass is 337 g/mol. The Kier molecular flexibility index (Phi) is 3.80. The fourth-order valence-corrected chi connectivity index (χ4v) is 3.09. The number of aromatic nitrogens is 2. The Labute approximate surface area is 144 Å². The summed E-state index contributed by atoms with van der Waals surface area (Å²) in [4.78, 5) is 18.6. The summed E-state index contributed by atoms with van der Waals surface area (Å²) in [5.74, 6) is 0.781. The minimum Gasteiger partial charge on any atom is -0.339 e. The summed E-state index contributed by atoms with van der Waals surface area (Å²) in [6.45, 7) is 2.39. The first-order chi connectivity index (χ1) is 12.1. The summed E-state index contributed by atoms with van der Waals surface area (Å²) in [7, 11) is 0. The Hall–Kier alpha value is -3.02. The minimum atomic E-state index is -0.299. The molecule has 1 aliphatic rings. The molecule has 0 unspecified atom stereocenters. The van der Waals surface area contributed by atoms with E-state index in [-0.39, 0.29) is 18.1 Å². The van der Waals surface area contributed by atoms with Crippen LogP contribution in [0.25, 0.3) is 11.4 Å². The van der Waals surface area contributed by atoms with Crippen LogP contribution in [0.2, 0.25) is 0 Å². The topological polar surface area (TPSA) is 59.2 Å². The van der Waals surface area contributed by atoms with E-state index in [0.717, 1.165) is 28.8 Å². The maximum atomic E-state index is 13.0. The molecule has 0 N–H and O–H groups in total. The number of benzene rings is 2. The third kappa shape index (κ3) is 3.03. The average molecular weight is 337 g/mol. The van der Waals surface area contributed by atoms with E-state index in [2.05, 4.69) is 10.1 Å². The summed E-state index contributed by atoms with van der Waals surface area (Å²) in [6, 6.07) is 11.9. The van der Waals surface area contributed by atoms with Crippen molar-refractivity contribution in [1.82, 2.24) is 10.1 Å². The molecule has 25 heavy (non-hydrogen) atoms. The first-order valence-electron chi connectivity index (χ1n) is 8.08. The van der Waals surface area contributed by atoms with Crippen LogP contribution in [0, 0.1) is 12.7 Å². The molecule has 1 aromatic heterocycles. The molecule has 0 aliphatic carbocycles. The largest absolute Gasteiger partial charge is 0.339 e. The number of halogens is 1. The molecule has 0 bridgehead atoms. The van der Waals surface area contributed by atoms with Gasteiger partial charge in [-0.2, -0.15) is 4.98 Å². The van der Waals surface area contributed by atoms with E-state index in [9.17, 15) is 9.18 Å². The number of hydrogen-bond acceptors (Lipinski definition) is 4. The minimum absolute atomic E-state index is 0.00788. The van der Waals surface area contributed by atoms with Gasteiger partial charge in [-0.1, -0.05) is 17.3 Å². The first-order valence-corrected chi connectivity index (χ1v) is 8.08. The molecule has 2 heterocycles. The van der Waals surface area contributed by atoms with Crippen LogP contribution in [0.4, 0.5) is 10.1 Å². The highest BCUT2D eigenvalue weighted by molar-refractivity contribution is 5.97. The second kappa shape index (κ2) is 6.12. The molecular formula is C19H16FN3O2. The van der Waals surface area contributed by atoms with Crippen molar-refractivity contribution in [3.05, 3.63) is 65.3 Å². The van der Waals surface area contributed by atoms with Crippen molar-refractivity contribution >= 4 is 11.6 Å². The predicted octanol–water partition coefficient (Wildman–Crippen LogP) is 3.32. The lowest BCUT2D eigenvalue weighted by molar-refractivity contribution is -0.117. The fourth-order valence-electron chi connectivity index (χ4n) is 3.09. The Morgan fingerprint density at radius 1 is 1.24 bits per heavy atom. The van der Waals surface area contributed by atoms with Gasteiger partial charge in [0.25, 0.3) is 0 Å². The van der Waals surface area contributed by atoms with Gasteiger partial charge in [-0.15, -0.1) is 0 Å². The van der Waals surface area contributed by atoms with Crippen LogP contribution in [0.1, 0.15) is 17.0 Å². The molecule has 0 fully saturated rings. The van der Waals surface area contributed by atoms with Crippen molar-refractivity contribution in [2.45, 2.75) is 19.8 Å². The quantitative estimate of drug-likeness (QED) is 0.736. The number of carbonyl (C=O) groups excluding carboxylic acids is 1. The van der Waals surface area contributed by atoms with Gasteiger partial charge in [-0.3, -0.25) is 4.79 Å². The summed E-state index contributed by atoms with van der Waals surface area (Å²) < 4.78 is 18.0. The van der Waals surface area contributed by atoms with Crippen LogP contribution in [-0.2, 0) is 17.6 Å². The normalized spacial score (nSPS) is 13.1. The van der Waals surface area contributed by atoms with Crippen LogP contribution >= 0.6 is 0 Å². The number of fused-ring (bicyclic) bond motifs is 1. The maximum absolute atomic E-state index is 13.0. The zero-order valence-electron chi connectivity index (χ0n) is 13.7. The zero-order chi connectivity index (χ0) is 17.4. The SMILES string of the molecule is Cc1nc(-c2ccc3c(c2)CCN3C(=O)Cc2ccc(F)cc2)no1. The van der Waals surface area contributed by atoms with Crippen molar-refractivity contribution in [2.24, 2.45) is 0 Å². The molecule has 0 saturated carbocycles. The number of nitrogens with zero attached hydrogens (tertiary/aromatic N) is 3. The average Bonchev–Trinajstić information content (AvgIpc) is 3.22. The molecule has 6 heteroatoms. The van der Waals surface area contributed by atoms with E-state index in [1.807, 2.05) is 18.2 Å². The first kappa shape index (κ1) is 15.5. The molecular weight excluding hydrogens is 321 g/mol. The second-order valence-corrected chi connectivity index (χ2v) is 6.08. The van der Waals surface area contributed by atoms with Gasteiger partial charge in [0, 0.05) is 24.7 Å². The molecule has 126 valence electrons. The molecule has 5 nitrogen and oxygen atoms in total. The van der Waals surface area contributed by atoms with Gasteiger partial charge < -0.3 is 9.42 Å². The van der Waals surface area contributed by atoms with Crippen molar-refractivity contribution in [2.75, 3.05) is 11.4 Å². The highest BCUT2D eigenvalue weighted by Crippen LogP contribution is 2.32. The third-order valence-electron chi connectivity index (χ3n) is 4.33. The maximum Gasteiger partial charge on any atom is 0.231 e. The van der Waals surface area contributed by atoms with Crippen molar-refractivity contribution < 1.29 is 13.7 Å². The van der Waals surface area contributed by atoms with E-state index >= 15 is 0 Å². The van der Waals surface area contributed by atoms with E-state index < -0.39 is 0 Å². The van der Waals surface area contributed by atoms with E-state index in [1.54, 1.807) is 24.0 Å². The van der Waals surface area contributed by atoms with Crippen molar-refractivity contribution in [1.29, 1.82) is 0 Å². The molecule has 0 spiro atoms. The van der Waals surface area contributed by atoms with Crippen LogP contribution < -0.4 is 4.90 Å². The van der Waals surface area contributed by atoms with E-state index in [4.69, 9.17) is 4.52 Å². The number of hydrogen-bond donors (Lipinski definition) is 0. The van der Waals surface area contributed by atoms with Crippen molar-refractivity contribution in [3.63, 3.8) is 0 Å². The summed E-state index contributed by atoms with van der Waals surface area (Å²) in [5, 5.41) is 3.93. The summed E-state index contributed by atoms with van der Waals surface area (Å²) in [5.41, 5.74) is 3.69. The zero-order valence-corrected chi connectivity index (χ0v) is 13.7. The number of anilines is 1. The van der Waals surface area contributed by atoms with E-state index in [1.165, 1.54) is 12.1 Å². The van der Waals surface area contributed by atoms with Crippen molar-refractivity contribution in [3.8, 4) is 11.4 Å². The van der Waals surface area contributed by atoms with Gasteiger partial charge in [-0.25, -0.2) is 4.39 Å². The third-order valence-corrected chi connectivity index (χ3v) is 4.33. The van der Waals surface area contributed by atoms with Crippen LogP contribution in [0.15, 0.2) is 47.0 Å². The highest BCUT2D eigenvalue weighted by Gasteiger charge is 2.25. The Bertz CT molecular complexity index is 934. The molecule has 4 rings (SSSR count). The van der Waals surface area contributed by atoms with Gasteiger partial charge in [0.15, 0.2) is 0 Å². The standard InChI is InChI=1S/C19H16FN3O2/c1-12-21-19(22-25-12)15-4-7-17-14(11-15)8-9-23(17)18(24)10-13-2-5-16(20)6-3-13/h2-7,11H,8-10H2,1H3. The Morgan fingerprint density at radius 2 is 2.04 bits per heavy atom. The Morgan fingerprint density at radius 3 is 2.76 bits per heavy atom. The number of aryl methyl sites for hydroxylation is 1. The number of amides is 1. The van der Waals surface area contributed by atoms with Gasteiger partial charge in [0.1, 0.15) is 5.82 Å². The predicted molar refractivity (Wildman–Crippen MR) is 90.6 cm³/mol. The summed E-state index contributed by atoms with van der Waals surface area (Å²) >= 11 is 0. The number of rotatable bonds is 3. The lowest BCUT2D eigenvalue weighted by Crippen LogP contribution is -2.30. The van der Waals surface area contributed by atoms with Gasteiger partial charge in [0.05, 0.1) is 6.42 Å². The lowest BCUT2D eigenvalue weighted by Gasteiger charge is -2.17. The summed E-state index contributed by atoms with van der Waals surface area (Å²) in [6.07, 6.45) is 1.04. The fraction of sp³-hybridized carbons (Fsp3) is 0.211. The highest BCUT2D eigenvalue weighted by atomic mass is 19.1.